The van der Waals surface area contributed by atoms with Gasteiger partial charge in [0.15, 0.2) is 0 Å². The van der Waals surface area contributed by atoms with Crippen molar-refractivity contribution in [2.45, 2.75) is 26.8 Å². The van der Waals surface area contributed by atoms with Crippen LogP contribution in [0.4, 0.5) is 0 Å². The van der Waals surface area contributed by atoms with Gasteiger partial charge in [0.05, 0.1) is 32.1 Å². The van der Waals surface area contributed by atoms with Gasteiger partial charge >= 0.3 is 0 Å². The molecule has 2 aromatic heterocycles. The number of amides is 1. The Morgan fingerprint density at radius 3 is 2.63 bits per heavy atom. The molecular formula is C18H18Cl3N5O. The highest BCUT2D eigenvalue weighted by atomic mass is 35.5. The number of carbonyl (C=O) groups excluding carboxylic acids is 1. The van der Waals surface area contributed by atoms with Crippen LogP contribution >= 0.6 is 34.8 Å². The monoisotopic (exact) mass is 425 g/mol. The molecule has 2 N–H and O–H groups in total. The van der Waals surface area contributed by atoms with Gasteiger partial charge in [-0.05, 0) is 38.5 Å². The molecule has 9 heteroatoms. The molecule has 0 unspecified atom stereocenters. The minimum absolute atomic E-state index is 0.222. The van der Waals surface area contributed by atoms with E-state index in [1.165, 1.54) is 0 Å². The maximum absolute atomic E-state index is 12.3. The number of nitrogens with one attached hydrogen (secondary N) is 2. The van der Waals surface area contributed by atoms with Crippen LogP contribution in [0.15, 0.2) is 24.3 Å². The molecular weight excluding hydrogens is 409 g/mol. The highest BCUT2D eigenvalue weighted by Crippen LogP contribution is 2.27. The summed E-state index contributed by atoms with van der Waals surface area (Å²) in [5, 5.41) is 15.7. The first-order valence-electron chi connectivity index (χ1n) is 8.35. The van der Waals surface area contributed by atoms with Crippen LogP contribution in [-0.2, 0) is 6.54 Å². The van der Waals surface area contributed by atoms with E-state index < -0.39 is 0 Å². The topological polar surface area (TPSA) is 75.6 Å². The maximum Gasteiger partial charge on any atom is 0.269 e. The maximum atomic E-state index is 12.3. The number of aryl methyl sites for hydroxylation is 2. The van der Waals surface area contributed by atoms with Gasteiger partial charge in [0.25, 0.3) is 5.91 Å². The zero-order valence-electron chi connectivity index (χ0n) is 14.8. The summed E-state index contributed by atoms with van der Waals surface area (Å²) in [6, 6.07) is 6.88. The van der Waals surface area contributed by atoms with Crippen molar-refractivity contribution < 1.29 is 4.79 Å². The minimum atomic E-state index is -0.222. The van der Waals surface area contributed by atoms with Gasteiger partial charge in [-0.25, -0.2) is 0 Å². The smallest absolute Gasteiger partial charge is 0.269 e. The second kappa shape index (κ2) is 8.33. The number of halogens is 3. The average Bonchev–Trinajstić information content (AvgIpc) is 3.23. The Bertz CT molecular complexity index is 980. The molecule has 0 bridgehead atoms. The van der Waals surface area contributed by atoms with E-state index in [9.17, 15) is 4.79 Å². The van der Waals surface area contributed by atoms with Crippen molar-refractivity contribution in [3.05, 3.63) is 56.4 Å². The second-order valence-electron chi connectivity index (χ2n) is 6.11. The molecule has 0 aliphatic heterocycles. The molecule has 0 aliphatic carbocycles. The van der Waals surface area contributed by atoms with Gasteiger partial charge in [0.2, 0.25) is 0 Å². The number of H-pyrrole nitrogens is 1. The summed E-state index contributed by atoms with van der Waals surface area (Å²) in [5.74, 6) is -0.222. The molecule has 3 aromatic rings. The van der Waals surface area contributed by atoms with E-state index in [0.717, 1.165) is 23.4 Å². The van der Waals surface area contributed by atoms with Gasteiger partial charge in [0.1, 0.15) is 5.69 Å². The largest absolute Gasteiger partial charge is 0.351 e. The van der Waals surface area contributed by atoms with Crippen LogP contribution in [0.1, 0.15) is 28.3 Å². The number of carbonyl (C=O) groups is 1. The summed E-state index contributed by atoms with van der Waals surface area (Å²) in [7, 11) is 0. The second-order valence-corrected chi connectivity index (χ2v) is 7.31. The Labute approximate surface area is 171 Å². The zero-order valence-corrected chi connectivity index (χ0v) is 17.1. The number of aromatic amines is 1. The fourth-order valence-electron chi connectivity index (χ4n) is 2.66. The first-order valence-corrected chi connectivity index (χ1v) is 9.48. The minimum Gasteiger partial charge on any atom is -0.351 e. The van der Waals surface area contributed by atoms with Crippen LogP contribution in [0, 0.1) is 13.8 Å². The molecule has 0 spiro atoms. The number of aromatic nitrogens is 4. The van der Waals surface area contributed by atoms with E-state index in [4.69, 9.17) is 34.8 Å². The molecule has 3 rings (SSSR count). The quantitative estimate of drug-likeness (QED) is 0.562. The summed E-state index contributed by atoms with van der Waals surface area (Å²) in [6.45, 7) is 4.99. The zero-order chi connectivity index (χ0) is 19.6. The van der Waals surface area contributed by atoms with Gasteiger partial charge in [-0.2, -0.15) is 10.2 Å². The van der Waals surface area contributed by atoms with Crippen molar-refractivity contribution in [2.75, 3.05) is 6.54 Å². The lowest BCUT2D eigenvalue weighted by atomic mass is 10.1. The first-order chi connectivity index (χ1) is 12.9. The fourth-order valence-corrected chi connectivity index (χ4v) is 3.09. The highest BCUT2D eigenvalue weighted by Gasteiger charge is 2.12. The summed E-state index contributed by atoms with van der Waals surface area (Å²) in [4.78, 5) is 12.3. The Balaban J connectivity index is 1.55. The number of hydrogen-bond acceptors (Lipinski definition) is 3. The summed E-state index contributed by atoms with van der Waals surface area (Å²) >= 11 is 18.1. The summed E-state index contributed by atoms with van der Waals surface area (Å²) < 4.78 is 1.85. The third kappa shape index (κ3) is 4.46. The SMILES string of the molecule is Cc1nn(CCCNC(=O)c2cc(-c3ccc(Cl)c(Cl)c3)n[nH]2)c(C)c1Cl. The molecule has 1 amide bonds. The Morgan fingerprint density at radius 2 is 1.96 bits per heavy atom. The van der Waals surface area contributed by atoms with Crippen molar-refractivity contribution in [3.8, 4) is 11.3 Å². The first kappa shape index (κ1) is 19.7. The molecule has 6 nitrogen and oxygen atoms in total. The van der Waals surface area contributed by atoms with Crippen molar-refractivity contribution in [1.29, 1.82) is 0 Å². The number of rotatable bonds is 6. The molecule has 0 atom stereocenters. The fraction of sp³-hybridized carbons (Fsp3) is 0.278. The predicted octanol–water partition coefficient (Wildman–Crippen LogP) is 4.67. The van der Waals surface area contributed by atoms with Crippen LogP contribution in [-0.4, -0.2) is 32.4 Å². The molecule has 0 saturated heterocycles. The standard InChI is InChI=1S/C18H18Cl3N5O/c1-10-17(21)11(2)26(25-10)7-3-6-22-18(27)16-9-15(23-24-16)12-4-5-13(19)14(20)8-12/h4-5,8-9H,3,6-7H2,1-2H3,(H,22,27)(H,23,24). The van der Waals surface area contributed by atoms with Crippen LogP contribution < -0.4 is 5.32 Å². The van der Waals surface area contributed by atoms with Crippen LogP contribution in [0.5, 0.6) is 0 Å². The van der Waals surface area contributed by atoms with E-state index >= 15 is 0 Å². The molecule has 142 valence electrons. The summed E-state index contributed by atoms with van der Waals surface area (Å²) in [5.41, 5.74) is 3.52. The van der Waals surface area contributed by atoms with E-state index in [2.05, 4.69) is 20.6 Å². The van der Waals surface area contributed by atoms with Crippen LogP contribution in [0.2, 0.25) is 15.1 Å². The van der Waals surface area contributed by atoms with E-state index in [1.807, 2.05) is 18.5 Å². The number of benzene rings is 1. The van der Waals surface area contributed by atoms with Gasteiger partial charge in [-0.3, -0.25) is 14.6 Å². The molecule has 27 heavy (non-hydrogen) atoms. The Hall–Kier alpha value is -2.02. The molecule has 0 fully saturated rings. The van der Waals surface area contributed by atoms with Gasteiger partial charge < -0.3 is 5.32 Å². The van der Waals surface area contributed by atoms with Crippen LogP contribution in [0.25, 0.3) is 11.3 Å². The van der Waals surface area contributed by atoms with Gasteiger partial charge in [0, 0.05) is 18.7 Å². The Kier molecular flexibility index (Phi) is 6.09. The highest BCUT2D eigenvalue weighted by molar-refractivity contribution is 6.42. The lowest BCUT2D eigenvalue weighted by Gasteiger charge is -2.05. The summed E-state index contributed by atoms with van der Waals surface area (Å²) in [6.07, 6.45) is 0.734. The van der Waals surface area contributed by atoms with E-state index in [0.29, 0.717) is 39.5 Å². The third-order valence-electron chi connectivity index (χ3n) is 4.16. The van der Waals surface area contributed by atoms with E-state index in [-0.39, 0.29) is 5.91 Å². The third-order valence-corrected chi connectivity index (χ3v) is 5.45. The van der Waals surface area contributed by atoms with E-state index in [1.54, 1.807) is 24.3 Å². The van der Waals surface area contributed by atoms with Gasteiger partial charge in [-0.15, -0.1) is 0 Å². The molecule has 2 heterocycles. The normalized spacial score (nSPS) is 11.0. The predicted molar refractivity (Wildman–Crippen MR) is 108 cm³/mol. The lowest BCUT2D eigenvalue weighted by Crippen LogP contribution is -2.25. The van der Waals surface area contributed by atoms with Crippen molar-refractivity contribution >= 4 is 40.7 Å². The van der Waals surface area contributed by atoms with Crippen LogP contribution in [0.3, 0.4) is 0 Å². The average molecular weight is 427 g/mol. The molecule has 1 aromatic carbocycles. The molecule has 0 radical (unpaired) electrons. The van der Waals surface area contributed by atoms with Crippen molar-refractivity contribution in [1.82, 2.24) is 25.3 Å². The van der Waals surface area contributed by atoms with Crippen molar-refractivity contribution in [2.24, 2.45) is 0 Å². The number of nitrogens with zero attached hydrogens (tertiary/aromatic N) is 3. The molecule has 0 aliphatic rings. The van der Waals surface area contributed by atoms with Crippen molar-refractivity contribution in [3.63, 3.8) is 0 Å². The number of hydrogen-bond donors (Lipinski definition) is 2. The lowest BCUT2D eigenvalue weighted by molar-refractivity contribution is 0.0947. The van der Waals surface area contributed by atoms with Gasteiger partial charge in [-0.1, -0.05) is 40.9 Å². The molecule has 0 saturated carbocycles. The Morgan fingerprint density at radius 1 is 1.19 bits per heavy atom.